The van der Waals surface area contributed by atoms with Crippen LogP contribution in [0.4, 0.5) is 5.82 Å². The van der Waals surface area contributed by atoms with Crippen molar-refractivity contribution in [3.05, 3.63) is 18.1 Å². The van der Waals surface area contributed by atoms with E-state index in [1.165, 1.54) is 25.2 Å². The number of ether oxygens (including phenoxy) is 1. The summed E-state index contributed by atoms with van der Waals surface area (Å²) in [4.78, 5) is 23.3. The molecule has 0 bridgehead atoms. The minimum atomic E-state index is -0.0892. The van der Waals surface area contributed by atoms with E-state index < -0.39 is 0 Å². The van der Waals surface area contributed by atoms with E-state index in [0.717, 1.165) is 38.8 Å². The van der Waals surface area contributed by atoms with Gasteiger partial charge in [-0.25, -0.2) is 9.97 Å². The third-order valence-electron chi connectivity index (χ3n) is 5.68. The van der Waals surface area contributed by atoms with E-state index >= 15 is 0 Å². The Morgan fingerprint density at radius 1 is 1.33 bits per heavy atom. The lowest BCUT2D eigenvalue weighted by molar-refractivity contribution is -0.156. The summed E-state index contributed by atoms with van der Waals surface area (Å²) in [6, 6.07) is 0.227. The second-order valence-corrected chi connectivity index (χ2v) is 6.92. The summed E-state index contributed by atoms with van der Waals surface area (Å²) in [6.45, 7) is 5.60. The molecule has 2 aliphatic carbocycles. The van der Waals surface area contributed by atoms with Crippen molar-refractivity contribution >= 4 is 11.7 Å². The molecular weight excluding hydrogens is 304 g/mol. The molecule has 2 aliphatic rings. The van der Waals surface area contributed by atoms with Crippen LogP contribution in [0.3, 0.4) is 0 Å². The lowest BCUT2D eigenvalue weighted by atomic mass is 9.59. The molecule has 1 spiro atoms. The topological polar surface area (TPSA) is 81.3 Å². The van der Waals surface area contributed by atoms with Crippen LogP contribution in [0.1, 0.15) is 62.9 Å². The van der Waals surface area contributed by atoms with Gasteiger partial charge < -0.3 is 15.4 Å². The van der Waals surface area contributed by atoms with E-state index in [1.54, 1.807) is 0 Å². The smallest absolute Gasteiger partial charge is 0.276 e. The van der Waals surface area contributed by atoms with Crippen LogP contribution >= 0.6 is 0 Å². The zero-order chi connectivity index (χ0) is 17.2. The van der Waals surface area contributed by atoms with Crippen molar-refractivity contribution in [2.45, 2.75) is 64.5 Å². The van der Waals surface area contributed by atoms with Crippen LogP contribution in [0.5, 0.6) is 0 Å². The Morgan fingerprint density at radius 2 is 2.04 bits per heavy atom. The number of carbonyl (C=O) groups is 1. The molecule has 0 aromatic carbocycles. The molecule has 3 rings (SSSR count). The zero-order valence-corrected chi connectivity index (χ0v) is 14.7. The van der Waals surface area contributed by atoms with Gasteiger partial charge in [0.2, 0.25) is 0 Å². The van der Waals surface area contributed by atoms with Crippen LogP contribution < -0.4 is 5.73 Å². The van der Waals surface area contributed by atoms with Gasteiger partial charge in [-0.3, -0.25) is 4.79 Å². The van der Waals surface area contributed by atoms with Crippen LogP contribution in [0.25, 0.3) is 0 Å². The molecule has 0 radical (unpaired) electrons. The molecule has 24 heavy (non-hydrogen) atoms. The Balaban J connectivity index is 1.86. The van der Waals surface area contributed by atoms with Gasteiger partial charge in [0.15, 0.2) is 11.5 Å². The highest BCUT2D eigenvalue weighted by molar-refractivity contribution is 5.96. The van der Waals surface area contributed by atoms with Crippen molar-refractivity contribution in [1.29, 1.82) is 0 Å². The van der Waals surface area contributed by atoms with Crippen LogP contribution in [0.2, 0.25) is 0 Å². The van der Waals surface area contributed by atoms with Crippen molar-refractivity contribution in [3.63, 3.8) is 0 Å². The van der Waals surface area contributed by atoms with Crippen molar-refractivity contribution < 1.29 is 9.53 Å². The number of nitrogens with two attached hydrogens (primary N) is 1. The molecule has 1 aromatic rings. The van der Waals surface area contributed by atoms with Gasteiger partial charge in [-0.2, -0.15) is 0 Å². The Morgan fingerprint density at radius 3 is 2.67 bits per heavy atom. The van der Waals surface area contributed by atoms with Crippen LogP contribution in [-0.2, 0) is 4.74 Å². The van der Waals surface area contributed by atoms with Gasteiger partial charge in [0.05, 0.1) is 6.10 Å². The number of rotatable bonds is 6. The van der Waals surface area contributed by atoms with Crippen LogP contribution in [-0.4, -0.2) is 46.1 Å². The Labute approximate surface area is 143 Å². The summed E-state index contributed by atoms with van der Waals surface area (Å²) in [5.74, 6) is 0.124. The van der Waals surface area contributed by atoms with Crippen molar-refractivity contribution in [3.8, 4) is 0 Å². The van der Waals surface area contributed by atoms with E-state index in [0.29, 0.717) is 0 Å². The zero-order valence-electron chi connectivity index (χ0n) is 14.7. The predicted octanol–water partition coefficient (Wildman–Crippen LogP) is 2.65. The van der Waals surface area contributed by atoms with Crippen LogP contribution in [0.15, 0.2) is 12.4 Å². The molecule has 0 aliphatic heterocycles. The molecule has 0 saturated heterocycles. The molecule has 2 N–H and O–H groups in total. The lowest BCUT2D eigenvalue weighted by Crippen LogP contribution is -2.65. The Bertz CT molecular complexity index is 586. The highest BCUT2D eigenvalue weighted by Gasteiger charge is 2.59. The van der Waals surface area contributed by atoms with E-state index in [-0.39, 0.29) is 35.0 Å². The molecule has 6 heteroatoms. The summed E-state index contributed by atoms with van der Waals surface area (Å²) in [6.07, 6.45) is 9.89. The second kappa shape index (κ2) is 7.05. The van der Waals surface area contributed by atoms with Gasteiger partial charge in [0.25, 0.3) is 5.91 Å². The average Bonchev–Trinajstić information content (AvgIpc) is 3.09. The standard InChI is InChI=1S/C18H28N4O2/c1-3-11-22(17(23)15-16(19)21-10-9-20-15)13-12-14(24-4-2)18(13)7-5-6-8-18/h9-10,13-14H,3-8,11-12H2,1-2H3,(H2,19,21). The number of aromatic nitrogens is 2. The highest BCUT2D eigenvalue weighted by atomic mass is 16.5. The average molecular weight is 332 g/mol. The van der Waals surface area contributed by atoms with Crippen LogP contribution in [0, 0.1) is 5.41 Å². The van der Waals surface area contributed by atoms with Crippen molar-refractivity contribution in [1.82, 2.24) is 14.9 Å². The molecule has 2 saturated carbocycles. The Hall–Kier alpha value is -1.69. The van der Waals surface area contributed by atoms with E-state index in [4.69, 9.17) is 10.5 Å². The van der Waals surface area contributed by atoms with Gasteiger partial charge in [-0.1, -0.05) is 19.8 Å². The maximum absolute atomic E-state index is 13.1. The monoisotopic (exact) mass is 332 g/mol. The first-order valence-electron chi connectivity index (χ1n) is 9.13. The van der Waals surface area contributed by atoms with Gasteiger partial charge in [0, 0.05) is 37.0 Å². The molecule has 1 heterocycles. The van der Waals surface area contributed by atoms with E-state index in [9.17, 15) is 4.79 Å². The van der Waals surface area contributed by atoms with E-state index in [2.05, 4.69) is 16.9 Å². The second-order valence-electron chi connectivity index (χ2n) is 6.92. The SMILES string of the molecule is CCCN(C(=O)c1nccnc1N)C1CC(OCC)C12CCCC2. The Kier molecular flexibility index (Phi) is 5.04. The van der Waals surface area contributed by atoms with Gasteiger partial charge >= 0.3 is 0 Å². The summed E-state index contributed by atoms with van der Waals surface area (Å²) in [5.41, 5.74) is 6.29. The number of amides is 1. The number of carbonyl (C=O) groups excluding carboxylic acids is 1. The fourth-order valence-electron chi connectivity index (χ4n) is 4.58. The van der Waals surface area contributed by atoms with Crippen molar-refractivity contribution in [2.24, 2.45) is 5.41 Å². The molecule has 1 amide bonds. The molecule has 132 valence electrons. The molecule has 2 atom stereocenters. The maximum atomic E-state index is 13.1. The molecular formula is C18H28N4O2. The van der Waals surface area contributed by atoms with E-state index in [1.807, 2.05) is 11.8 Å². The lowest BCUT2D eigenvalue weighted by Gasteiger charge is -2.57. The molecule has 1 aromatic heterocycles. The summed E-state index contributed by atoms with van der Waals surface area (Å²) >= 11 is 0. The quantitative estimate of drug-likeness (QED) is 0.866. The number of anilines is 1. The summed E-state index contributed by atoms with van der Waals surface area (Å²) < 4.78 is 5.99. The minimum absolute atomic E-state index is 0.0892. The number of hydrogen-bond donors (Lipinski definition) is 1. The largest absolute Gasteiger partial charge is 0.382 e. The fraction of sp³-hybridized carbons (Fsp3) is 0.722. The summed E-state index contributed by atoms with van der Waals surface area (Å²) in [7, 11) is 0. The fourth-order valence-corrected chi connectivity index (χ4v) is 4.58. The predicted molar refractivity (Wildman–Crippen MR) is 92.5 cm³/mol. The number of nitrogens with zero attached hydrogens (tertiary/aromatic N) is 3. The first-order chi connectivity index (χ1) is 11.6. The van der Waals surface area contributed by atoms with Gasteiger partial charge in [0.1, 0.15) is 0 Å². The number of nitrogen functional groups attached to an aromatic ring is 1. The first kappa shape index (κ1) is 17.1. The maximum Gasteiger partial charge on any atom is 0.276 e. The van der Waals surface area contributed by atoms with Gasteiger partial charge in [-0.05, 0) is 32.6 Å². The first-order valence-corrected chi connectivity index (χ1v) is 9.13. The van der Waals surface area contributed by atoms with Gasteiger partial charge in [-0.15, -0.1) is 0 Å². The normalized spacial score (nSPS) is 24.8. The number of hydrogen-bond acceptors (Lipinski definition) is 5. The highest BCUT2D eigenvalue weighted by Crippen LogP contribution is 2.56. The summed E-state index contributed by atoms with van der Waals surface area (Å²) in [5, 5.41) is 0. The molecule has 2 unspecified atom stereocenters. The minimum Gasteiger partial charge on any atom is -0.382 e. The third-order valence-corrected chi connectivity index (χ3v) is 5.68. The molecule has 2 fully saturated rings. The van der Waals surface area contributed by atoms with Crippen molar-refractivity contribution in [2.75, 3.05) is 18.9 Å². The molecule has 6 nitrogen and oxygen atoms in total. The third kappa shape index (κ3) is 2.77.